The number of phosphoric acid groups is 3. The average molecular weight is 691 g/mol. The van der Waals surface area contributed by atoms with Gasteiger partial charge in [0.05, 0.1) is 47.0 Å². The summed E-state index contributed by atoms with van der Waals surface area (Å²) >= 11 is 0. The Kier molecular flexibility index (Phi) is 9.98. The standard InChI is InChI=1S/C19H24N3O19P3/c1-9(10-2-15-16(37-8-36-15)3-12(10)22(26)27)35-7-21-5-11(18(24)20-19(21)25)14-4-13(23)17(39-14)6-38-43(31,32)41-44(33,34)40-42(28,29)30/h2-3,5,9,13-14,17,23H,4,6-8H2,1H3,(H,31,32)(H,33,34)(H,20,24,25)(H2,28,29,30)/t9?,13-,14+,17+/m0/s1. The van der Waals surface area contributed by atoms with Crippen LogP contribution in [0.25, 0.3) is 0 Å². The minimum absolute atomic E-state index is 0.109. The van der Waals surface area contributed by atoms with Gasteiger partial charge in [0, 0.05) is 12.6 Å². The molecule has 22 nitrogen and oxygen atoms in total. The number of aromatic nitrogens is 2. The molecule has 0 saturated carbocycles. The molecule has 1 saturated heterocycles. The highest BCUT2D eigenvalue weighted by molar-refractivity contribution is 7.66. The number of aliphatic hydroxyl groups is 1. The Labute approximate surface area is 244 Å². The maximum atomic E-state index is 12.5. The second-order valence-corrected chi connectivity index (χ2v) is 13.5. The third kappa shape index (κ3) is 8.46. The second kappa shape index (κ2) is 12.9. The first-order valence-corrected chi connectivity index (χ1v) is 16.5. The highest BCUT2D eigenvalue weighted by Crippen LogP contribution is 2.66. The molecule has 25 heteroatoms. The lowest BCUT2D eigenvalue weighted by Crippen LogP contribution is -2.33. The van der Waals surface area contributed by atoms with Crippen LogP contribution in [0.1, 0.15) is 36.7 Å². The molecule has 1 aromatic heterocycles. The van der Waals surface area contributed by atoms with E-state index in [2.05, 4.69) is 13.1 Å². The lowest BCUT2D eigenvalue weighted by Gasteiger charge is -2.19. The normalized spacial score (nSPS) is 23.2. The number of nitro groups is 1. The number of benzene rings is 1. The van der Waals surface area contributed by atoms with Crippen LogP contribution in [0, 0.1) is 10.1 Å². The van der Waals surface area contributed by atoms with Gasteiger partial charge in [-0.05, 0) is 13.0 Å². The van der Waals surface area contributed by atoms with Gasteiger partial charge in [0.1, 0.15) is 12.8 Å². The summed E-state index contributed by atoms with van der Waals surface area (Å²) in [5.41, 5.74) is -2.26. The third-order valence-electron chi connectivity index (χ3n) is 6.05. The van der Waals surface area contributed by atoms with Crippen molar-refractivity contribution in [1.29, 1.82) is 0 Å². The van der Waals surface area contributed by atoms with Gasteiger partial charge in [0.15, 0.2) is 11.5 Å². The maximum absolute atomic E-state index is 12.5. The van der Waals surface area contributed by atoms with Crippen molar-refractivity contribution in [2.24, 2.45) is 0 Å². The molecular formula is C19H24N3O19P3. The van der Waals surface area contributed by atoms with E-state index in [1.54, 1.807) is 0 Å². The Morgan fingerprint density at radius 2 is 1.77 bits per heavy atom. The van der Waals surface area contributed by atoms with Gasteiger partial charge in [0.25, 0.3) is 11.2 Å². The van der Waals surface area contributed by atoms with Crippen molar-refractivity contribution in [3.8, 4) is 11.5 Å². The van der Waals surface area contributed by atoms with Crippen molar-refractivity contribution in [3.63, 3.8) is 0 Å². The fourth-order valence-corrected chi connectivity index (χ4v) is 7.14. The van der Waals surface area contributed by atoms with Gasteiger partial charge in [0.2, 0.25) is 6.79 Å². The van der Waals surface area contributed by atoms with Crippen molar-refractivity contribution >= 4 is 29.2 Å². The number of aliphatic hydroxyl groups excluding tert-OH is 1. The topological polar surface area (TPSA) is 315 Å². The minimum atomic E-state index is -5.77. The van der Waals surface area contributed by atoms with Gasteiger partial charge in [-0.3, -0.25) is 29.0 Å². The average Bonchev–Trinajstić information content (AvgIpc) is 3.49. The predicted octanol–water partition coefficient (Wildman–Crippen LogP) is 0.443. The molecule has 1 aromatic carbocycles. The fraction of sp³-hybridized carbons (Fsp3) is 0.474. The van der Waals surface area contributed by atoms with Crippen molar-refractivity contribution in [2.45, 2.75) is 44.5 Å². The van der Waals surface area contributed by atoms with Crippen LogP contribution in [0.3, 0.4) is 0 Å². The lowest BCUT2D eigenvalue weighted by atomic mass is 10.1. The largest absolute Gasteiger partial charge is 0.490 e. The van der Waals surface area contributed by atoms with E-state index in [0.717, 1.165) is 10.8 Å². The molecule has 6 N–H and O–H groups in total. The van der Waals surface area contributed by atoms with E-state index in [-0.39, 0.29) is 41.5 Å². The molecule has 0 aliphatic carbocycles. The summed E-state index contributed by atoms with van der Waals surface area (Å²) in [6.45, 7) is -0.146. The van der Waals surface area contributed by atoms with Crippen LogP contribution in [-0.4, -0.2) is 64.8 Å². The first-order valence-electron chi connectivity index (χ1n) is 12.0. The molecule has 2 aliphatic rings. The van der Waals surface area contributed by atoms with Crippen LogP contribution in [0.2, 0.25) is 0 Å². The number of nitro benzene ring substituents is 1. The second-order valence-electron chi connectivity index (χ2n) is 9.13. The first-order chi connectivity index (χ1) is 20.3. The quantitative estimate of drug-likeness (QED) is 0.0942. The zero-order valence-corrected chi connectivity index (χ0v) is 24.7. The summed E-state index contributed by atoms with van der Waals surface area (Å²) in [6, 6.07) is 2.54. The third-order valence-corrected chi connectivity index (χ3v) is 9.85. The molecule has 2 aliphatic heterocycles. The number of H-pyrrole nitrogens is 1. The fourth-order valence-electron chi connectivity index (χ4n) is 4.11. The molecule has 2 aromatic rings. The Balaban J connectivity index is 1.43. The van der Waals surface area contributed by atoms with Gasteiger partial charge < -0.3 is 43.6 Å². The van der Waals surface area contributed by atoms with Crippen LogP contribution in [-0.2, 0) is 43.0 Å². The summed E-state index contributed by atoms with van der Waals surface area (Å²) in [7, 11) is -16.9. The zero-order chi connectivity index (χ0) is 32.6. The molecule has 3 unspecified atom stereocenters. The minimum Gasteiger partial charge on any atom is -0.454 e. The van der Waals surface area contributed by atoms with Crippen molar-refractivity contribution < 1.29 is 75.4 Å². The highest BCUT2D eigenvalue weighted by Gasteiger charge is 2.43. The van der Waals surface area contributed by atoms with Gasteiger partial charge in [-0.2, -0.15) is 8.62 Å². The van der Waals surface area contributed by atoms with E-state index in [0.29, 0.717) is 0 Å². The molecule has 1 fully saturated rings. The molecule has 0 radical (unpaired) electrons. The number of nitrogens with zero attached hydrogens (tertiary/aromatic N) is 2. The summed E-state index contributed by atoms with van der Waals surface area (Å²) in [5.74, 6) is 0.428. The van der Waals surface area contributed by atoms with Crippen LogP contribution in [0.4, 0.5) is 5.69 Å². The number of ether oxygens (including phenoxy) is 4. The molecule has 4 rings (SSSR count). The van der Waals surface area contributed by atoms with E-state index in [4.69, 9.17) is 28.7 Å². The lowest BCUT2D eigenvalue weighted by molar-refractivity contribution is -0.386. The molecule has 3 heterocycles. The molecule has 0 bridgehead atoms. The van der Waals surface area contributed by atoms with E-state index < -0.39 is 77.4 Å². The maximum Gasteiger partial charge on any atom is 0.490 e. The smallest absolute Gasteiger partial charge is 0.454 e. The van der Waals surface area contributed by atoms with Crippen molar-refractivity contribution in [2.75, 3.05) is 13.4 Å². The molecule has 244 valence electrons. The van der Waals surface area contributed by atoms with Gasteiger partial charge >= 0.3 is 29.2 Å². The summed E-state index contributed by atoms with van der Waals surface area (Å²) in [4.78, 5) is 73.9. The summed E-state index contributed by atoms with van der Waals surface area (Å²) < 4.78 is 68.3. The van der Waals surface area contributed by atoms with Crippen molar-refractivity contribution in [1.82, 2.24) is 9.55 Å². The van der Waals surface area contributed by atoms with Crippen LogP contribution in [0.5, 0.6) is 11.5 Å². The molecule has 6 atom stereocenters. The molecule has 0 amide bonds. The number of nitrogens with one attached hydrogen (secondary N) is 1. The van der Waals surface area contributed by atoms with Gasteiger partial charge in [-0.1, -0.05) is 0 Å². The van der Waals surface area contributed by atoms with Crippen molar-refractivity contribution in [3.05, 3.63) is 60.4 Å². The monoisotopic (exact) mass is 691 g/mol. The van der Waals surface area contributed by atoms with E-state index in [1.807, 2.05) is 4.98 Å². The Morgan fingerprint density at radius 1 is 1.11 bits per heavy atom. The summed E-state index contributed by atoms with van der Waals surface area (Å²) in [6.07, 6.45) is -4.32. The number of hydrogen-bond donors (Lipinski definition) is 6. The number of rotatable bonds is 13. The number of fused-ring (bicyclic) bond motifs is 1. The van der Waals surface area contributed by atoms with E-state index >= 15 is 0 Å². The van der Waals surface area contributed by atoms with E-state index in [1.165, 1.54) is 19.1 Å². The van der Waals surface area contributed by atoms with Gasteiger partial charge in [-0.25, -0.2) is 18.5 Å². The van der Waals surface area contributed by atoms with E-state index in [9.17, 15) is 48.3 Å². The Morgan fingerprint density at radius 3 is 2.41 bits per heavy atom. The SMILES string of the molecule is CC(OCn1cc([C@H]2C[C@H](O)[C@@H](COP(=O)(O)OP(=O)(O)OP(=O)(O)O)O2)c(=O)[nH]c1=O)c1cc2c(cc1[N+](=O)[O-])OCO2. The highest BCUT2D eigenvalue weighted by atomic mass is 31.3. The van der Waals surface area contributed by atoms with Gasteiger partial charge in [-0.15, -0.1) is 0 Å². The Bertz CT molecular complexity index is 1690. The molecular weight excluding hydrogens is 667 g/mol. The summed E-state index contributed by atoms with van der Waals surface area (Å²) in [5, 5.41) is 21.9. The Hall–Kier alpha value is -2.81. The predicted molar refractivity (Wildman–Crippen MR) is 138 cm³/mol. The number of hydrogen-bond acceptors (Lipinski definition) is 15. The van der Waals surface area contributed by atoms with Crippen LogP contribution in [0.15, 0.2) is 27.9 Å². The first kappa shape index (κ1) is 34.1. The molecule has 44 heavy (non-hydrogen) atoms. The molecule has 0 spiro atoms. The van der Waals surface area contributed by atoms with Crippen LogP contribution >= 0.6 is 23.5 Å². The van der Waals surface area contributed by atoms with Crippen LogP contribution < -0.4 is 20.7 Å². The number of aromatic amines is 1. The zero-order valence-electron chi connectivity index (χ0n) is 22.1. The number of phosphoric ester groups is 1.